The Morgan fingerprint density at radius 1 is 1.24 bits per heavy atom. The minimum absolute atomic E-state index is 0.120. The van der Waals surface area contributed by atoms with Gasteiger partial charge in [0.1, 0.15) is 11.6 Å². The van der Waals surface area contributed by atoms with Gasteiger partial charge in [-0.05, 0) is 25.1 Å². The van der Waals surface area contributed by atoms with E-state index in [4.69, 9.17) is 0 Å². The van der Waals surface area contributed by atoms with Crippen LogP contribution in [0.15, 0.2) is 35.5 Å². The van der Waals surface area contributed by atoms with E-state index in [2.05, 4.69) is 5.18 Å². The molecule has 0 amide bonds. The van der Waals surface area contributed by atoms with Crippen LogP contribution in [0.5, 0.6) is 0 Å². The van der Waals surface area contributed by atoms with Gasteiger partial charge < -0.3 is 17.3 Å². The second kappa shape index (κ2) is 7.70. The second-order valence-corrected chi connectivity index (χ2v) is 3.30. The minimum Gasteiger partial charge on any atom is -0.418 e. The van der Waals surface area contributed by atoms with Gasteiger partial charge in [0.25, 0.3) is 0 Å². The zero-order valence-corrected chi connectivity index (χ0v) is 9.19. The molecular weight excluding hydrogens is 237 g/mol. The van der Waals surface area contributed by atoms with Crippen LogP contribution in [0.3, 0.4) is 0 Å². The Bertz CT molecular complexity index is 312. The second-order valence-electron chi connectivity index (χ2n) is 3.30. The maximum atomic E-state index is 10.1. The van der Waals surface area contributed by atoms with Crippen molar-refractivity contribution in [2.45, 2.75) is 19.4 Å². The molecule has 0 aromatic heterocycles. The van der Waals surface area contributed by atoms with E-state index >= 15 is 0 Å². The van der Waals surface area contributed by atoms with Crippen LogP contribution in [0.2, 0.25) is 0 Å². The number of hydrogen-bond donors (Lipinski definition) is 0. The summed E-state index contributed by atoms with van der Waals surface area (Å²) in [5.41, 5.74) is 1.15. The van der Waals surface area contributed by atoms with E-state index in [1.807, 2.05) is 43.7 Å². The summed E-state index contributed by atoms with van der Waals surface area (Å²) >= 11 is 0. The Balaban J connectivity index is 0.000000437. The van der Waals surface area contributed by atoms with Crippen LogP contribution in [0, 0.1) is 11.3 Å². The van der Waals surface area contributed by atoms with E-state index in [9.17, 15) is 22.2 Å². The highest BCUT2D eigenvalue weighted by atomic mass is 19.5. The highest BCUT2D eigenvalue weighted by molar-refractivity contribution is 6.50. The highest BCUT2D eigenvalue weighted by Crippen LogP contribution is 2.08. The van der Waals surface area contributed by atoms with Crippen LogP contribution in [-0.2, 0) is 0 Å². The first-order valence-electron chi connectivity index (χ1n) is 4.91. The van der Waals surface area contributed by atoms with Gasteiger partial charge in [0.2, 0.25) is 0 Å². The molecule has 0 aliphatic heterocycles. The van der Waals surface area contributed by atoms with Crippen molar-refractivity contribution in [3.63, 3.8) is 0 Å². The van der Waals surface area contributed by atoms with Crippen molar-refractivity contribution >= 4 is 7.25 Å². The van der Waals surface area contributed by atoms with Crippen molar-refractivity contribution in [2.24, 2.45) is 5.18 Å². The molecule has 0 saturated carbocycles. The molecule has 0 spiro atoms. The summed E-state index contributed by atoms with van der Waals surface area (Å²) in [6, 6.07) is 9.83. The lowest BCUT2D eigenvalue weighted by molar-refractivity contribution is 0.368. The molecule has 0 fully saturated rings. The summed E-state index contributed by atoms with van der Waals surface area (Å²) in [6.45, 7) is 1.81. The van der Waals surface area contributed by atoms with Gasteiger partial charge in [-0.1, -0.05) is 5.18 Å². The Morgan fingerprint density at radius 3 is 2.12 bits per heavy atom. The summed E-state index contributed by atoms with van der Waals surface area (Å²) < 4.78 is 39.0. The predicted molar refractivity (Wildman–Crippen MR) is 59.9 cm³/mol. The number of rotatable bonds is 4. The van der Waals surface area contributed by atoms with Gasteiger partial charge in [-0.15, -0.1) is 0 Å². The molecule has 1 unspecified atom stereocenters. The van der Waals surface area contributed by atoms with Gasteiger partial charge in [-0.3, -0.25) is 0 Å². The lowest BCUT2D eigenvalue weighted by Gasteiger charge is -1.95. The first kappa shape index (κ1) is 15.5. The van der Waals surface area contributed by atoms with Crippen molar-refractivity contribution in [3.8, 4) is 0 Å². The number of halogens is 4. The zero-order valence-electron chi connectivity index (χ0n) is 9.19. The topological polar surface area (TPSA) is 29.4 Å². The monoisotopic (exact) mass is 249 g/mol. The third kappa shape index (κ3) is 12.4. The minimum atomic E-state index is -6.00. The van der Waals surface area contributed by atoms with E-state index < -0.39 is 7.25 Å². The summed E-state index contributed by atoms with van der Waals surface area (Å²) in [5, 5.41) is 2.92. The van der Waals surface area contributed by atoms with Crippen LogP contribution in [0.25, 0.3) is 0 Å². The van der Waals surface area contributed by atoms with Gasteiger partial charge in [0, 0.05) is 25.0 Å². The van der Waals surface area contributed by atoms with Gasteiger partial charge in [-0.25, -0.2) is 0 Å². The molecule has 0 aliphatic rings. The maximum absolute atomic E-state index is 10.1. The lowest BCUT2D eigenvalue weighted by atomic mass is 10.1. The van der Waals surface area contributed by atoms with Crippen molar-refractivity contribution in [2.75, 3.05) is 0 Å². The van der Waals surface area contributed by atoms with Gasteiger partial charge >= 0.3 is 7.25 Å². The molecule has 0 saturated heterocycles. The Hall–Kier alpha value is -1.53. The van der Waals surface area contributed by atoms with Gasteiger partial charge in [0.15, 0.2) is 0 Å². The standard InChI is InChI=1S/C10H12NO.BF4/c1-9(11-12)7-8-10-5-3-2-4-6-10;2-1(3,4)5/h2-6,8-9H,7H2,1H3;/q+1;-1. The molecule has 1 aromatic rings. The van der Waals surface area contributed by atoms with E-state index in [0.717, 1.165) is 5.56 Å². The molecule has 7 heteroatoms. The molecule has 1 atom stereocenters. The molecular formula is C10H12BF4NO. The molecule has 0 heterocycles. The molecule has 2 nitrogen and oxygen atoms in total. The third-order valence-electron chi connectivity index (χ3n) is 1.67. The Morgan fingerprint density at radius 2 is 1.71 bits per heavy atom. The SMILES string of the molecule is CC(C[CH+]c1ccccc1)N=O.F[B-](F)(F)F. The molecule has 17 heavy (non-hydrogen) atoms. The maximum Gasteiger partial charge on any atom is 0.673 e. The molecule has 1 rings (SSSR count). The van der Waals surface area contributed by atoms with Gasteiger partial charge in [-0.2, -0.15) is 4.91 Å². The lowest BCUT2D eigenvalue weighted by Crippen LogP contribution is -2.02. The third-order valence-corrected chi connectivity index (χ3v) is 1.67. The first-order chi connectivity index (χ1) is 7.83. The van der Waals surface area contributed by atoms with Crippen LogP contribution >= 0.6 is 0 Å². The number of hydrogen-bond acceptors (Lipinski definition) is 2. The fourth-order valence-electron chi connectivity index (χ4n) is 0.939. The normalized spacial score (nSPS) is 12.1. The highest BCUT2D eigenvalue weighted by Gasteiger charge is 2.20. The molecule has 0 aliphatic carbocycles. The Kier molecular flexibility index (Phi) is 7.01. The van der Waals surface area contributed by atoms with E-state index in [0.29, 0.717) is 6.42 Å². The fourth-order valence-corrected chi connectivity index (χ4v) is 0.939. The average Bonchev–Trinajstić information content (AvgIpc) is 2.25. The smallest absolute Gasteiger partial charge is 0.418 e. The first-order valence-corrected chi connectivity index (χ1v) is 4.91. The summed E-state index contributed by atoms with van der Waals surface area (Å²) in [4.78, 5) is 10.1. The Labute approximate surface area is 97.1 Å². The largest absolute Gasteiger partial charge is 0.673 e. The average molecular weight is 249 g/mol. The summed E-state index contributed by atoms with van der Waals surface area (Å²) in [7, 11) is -6.00. The number of benzene rings is 1. The zero-order chi connectivity index (χ0) is 13.3. The van der Waals surface area contributed by atoms with Crippen molar-refractivity contribution in [1.82, 2.24) is 0 Å². The molecule has 0 N–H and O–H groups in total. The molecule has 0 bridgehead atoms. The molecule has 1 aromatic carbocycles. The predicted octanol–water partition coefficient (Wildman–Crippen LogP) is 4.08. The van der Waals surface area contributed by atoms with Crippen molar-refractivity contribution in [1.29, 1.82) is 0 Å². The van der Waals surface area contributed by atoms with Crippen molar-refractivity contribution in [3.05, 3.63) is 47.2 Å². The number of nitroso groups, excluding NO2 is 1. The summed E-state index contributed by atoms with van der Waals surface area (Å²) in [6.07, 6.45) is 2.74. The fraction of sp³-hybridized carbons (Fsp3) is 0.300. The molecule has 94 valence electrons. The quantitative estimate of drug-likeness (QED) is 0.342. The van der Waals surface area contributed by atoms with E-state index in [1.54, 1.807) is 0 Å². The van der Waals surface area contributed by atoms with Crippen LogP contribution in [-0.4, -0.2) is 13.3 Å². The van der Waals surface area contributed by atoms with E-state index in [1.165, 1.54) is 0 Å². The van der Waals surface area contributed by atoms with E-state index in [-0.39, 0.29) is 6.04 Å². The number of nitrogens with zero attached hydrogens (tertiary/aromatic N) is 1. The van der Waals surface area contributed by atoms with Crippen molar-refractivity contribution < 1.29 is 17.3 Å². The van der Waals surface area contributed by atoms with Crippen LogP contribution in [0.1, 0.15) is 18.9 Å². The molecule has 0 radical (unpaired) electrons. The van der Waals surface area contributed by atoms with Gasteiger partial charge in [0.05, 0.1) is 0 Å². The summed E-state index contributed by atoms with van der Waals surface area (Å²) in [5.74, 6) is 0. The van der Waals surface area contributed by atoms with Crippen LogP contribution in [0.4, 0.5) is 17.3 Å². The van der Waals surface area contributed by atoms with Crippen LogP contribution < -0.4 is 0 Å².